The van der Waals surface area contributed by atoms with Gasteiger partial charge in [-0.1, -0.05) is 18.2 Å². The molecule has 110 valence electrons. The summed E-state index contributed by atoms with van der Waals surface area (Å²) in [5.41, 5.74) is 0.918. The maximum absolute atomic E-state index is 12.2. The molecule has 0 saturated carbocycles. The Hall–Kier alpha value is -1.43. The van der Waals surface area contributed by atoms with Gasteiger partial charge >= 0.3 is 0 Å². The van der Waals surface area contributed by atoms with E-state index in [-0.39, 0.29) is 12.0 Å². The van der Waals surface area contributed by atoms with Crippen molar-refractivity contribution in [3.05, 3.63) is 30.3 Å². The number of rotatable bonds is 5. The van der Waals surface area contributed by atoms with Gasteiger partial charge in [-0.2, -0.15) is 0 Å². The summed E-state index contributed by atoms with van der Waals surface area (Å²) in [6, 6.07) is 9.69. The average Bonchev–Trinajstić information content (AvgIpc) is 2.48. The van der Waals surface area contributed by atoms with Crippen LogP contribution in [0.3, 0.4) is 0 Å². The molecule has 1 aromatic rings. The van der Waals surface area contributed by atoms with E-state index in [0.717, 1.165) is 31.9 Å². The van der Waals surface area contributed by atoms with Crippen molar-refractivity contribution >= 4 is 11.6 Å². The van der Waals surface area contributed by atoms with Crippen molar-refractivity contribution in [3.8, 4) is 0 Å². The standard InChI is InChI=1S/C15H23N3O2/c1-17(11-14-10-16-8-9-20-14)12-15(19)18(2)13-6-4-3-5-7-13/h3-7,14,16H,8-12H2,1-2H3. The van der Waals surface area contributed by atoms with E-state index in [2.05, 4.69) is 5.32 Å². The quantitative estimate of drug-likeness (QED) is 0.854. The highest BCUT2D eigenvalue weighted by atomic mass is 16.5. The third-order valence-corrected chi connectivity index (χ3v) is 3.44. The van der Waals surface area contributed by atoms with Crippen LogP contribution in [0.4, 0.5) is 5.69 Å². The van der Waals surface area contributed by atoms with E-state index in [1.807, 2.05) is 49.3 Å². The highest BCUT2D eigenvalue weighted by molar-refractivity contribution is 5.94. The molecule has 0 aliphatic carbocycles. The molecule has 1 N–H and O–H groups in total. The highest BCUT2D eigenvalue weighted by Crippen LogP contribution is 2.11. The molecule has 1 aromatic carbocycles. The largest absolute Gasteiger partial charge is 0.374 e. The van der Waals surface area contributed by atoms with Crippen LogP contribution in [0.2, 0.25) is 0 Å². The maximum Gasteiger partial charge on any atom is 0.240 e. The molecule has 0 bridgehead atoms. The molecule has 1 unspecified atom stereocenters. The van der Waals surface area contributed by atoms with Crippen molar-refractivity contribution in [2.24, 2.45) is 0 Å². The van der Waals surface area contributed by atoms with E-state index in [1.54, 1.807) is 4.90 Å². The third kappa shape index (κ3) is 4.30. The molecule has 5 nitrogen and oxygen atoms in total. The minimum absolute atomic E-state index is 0.0856. The highest BCUT2D eigenvalue weighted by Gasteiger charge is 2.18. The number of hydrogen-bond acceptors (Lipinski definition) is 4. The molecule has 0 spiro atoms. The summed E-state index contributed by atoms with van der Waals surface area (Å²) in [5.74, 6) is 0.0856. The molecule has 1 atom stereocenters. The molecule has 0 radical (unpaired) electrons. The normalized spacial score (nSPS) is 19.1. The number of amides is 1. The number of likely N-dealkylation sites (N-methyl/N-ethyl adjacent to an activating group) is 2. The Labute approximate surface area is 120 Å². The number of ether oxygens (including phenoxy) is 1. The Morgan fingerprint density at radius 2 is 2.10 bits per heavy atom. The first-order valence-electron chi connectivity index (χ1n) is 6.99. The molecule has 2 rings (SSSR count). The summed E-state index contributed by atoms with van der Waals surface area (Å²) in [4.78, 5) is 15.9. The number of nitrogens with zero attached hydrogens (tertiary/aromatic N) is 2. The van der Waals surface area contributed by atoms with Gasteiger partial charge < -0.3 is 15.0 Å². The molecule has 20 heavy (non-hydrogen) atoms. The number of carbonyl (C=O) groups excluding carboxylic acids is 1. The first kappa shape index (κ1) is 15.0. The van der Waals surface area contributed by atoms with Crippen molar-refractivity contribution in [1.29, 1.82) is 0 Å². The first-order valence-corrected chi connectivity index (χ1v) is 6.99. The second kappa shape index (κ2) is 7.38. The number of hydrogen-bond donors (Lipinski definition) is 1. The Kier molecular flexibility index (Phi) is 5.52. The molecule has 0 aromatic heterocycles. The fourth-order valence-corrected chi connectivity index (χ4v) is 2.28. The molecule has 1 aliphatic rings. The lowest BCUT2D eigenvalue weighted by Gasteiger charge is -2.28. The van der Waals surface area contributed by atoms with Crippen LogP contribution in [0.25, 0.3) is 0 Å². The second-order valence-electron chi connectivity index (χ2n) is 5.18. The lowest BCUT2D eigenvalue weighted by atomic mass is 10.2. The Morgan fingerprint density at radius 3 is 2.75 bits per heavy atom. The zero-order chi connectivity index (χ0) is 14.4. The van der Waals surface area contributed by atoms with Crippen LogP contribution >= 0.6 is 0 Å². The summed E-state index contributed by atoms with van der Waals surface area (Å²) in [6.07, 6.45) is 0.170. The zero-order valence-corrected chi connectivity index (χ0v) is 12.2. The van der Waals surface area contributed by atoms with E-state index in [4.69, 9.17) is 4.74 Å². The van der Waals surface area contributed by atoms with Crippen molar-refractivity contribution in [2.45, 2.75) is 6.10 Å². The molecule has 1 heterocycles. The lowest BCUT2D eigenvalue weighted by Crippen LogP contribution is -2.46. The number of nitrogens with one attached hydrogen (secondary N) is 1. The van der Waals surface area contributed by atoms with E-state index < -0.39 is 0 Å². The summed E-state index contributed by atoms with van der Waals surface area (Å²) in [5, 5.41) is 3.30. The second-order valence-corrected chi connectivity index (χ2v) is 5.18. The third-order valence-electron chi connectivity index (χ3n) is 3.44. The predicted octanol–water partition coefficient (Wildman–Crippen LogP) is 0.570. The van der Waals surface area contributed by atoms with E-state index in [0.29, 0.717) is 6.54 Å². The molecular weight excluding hydrogens is 254 g/mol. The van der Waals surface area contributed by atoms with Crippen LogP contribution in [0, 0.1) is 0 Å². The SMILES string of the molecule is CN(CC(=O)N(C)c1ccccc1)CC1CNCCO1. The van der Waals surface area contributed by atoms with Crippen molar-refractivity contribution < 1.29 is 9.53 Å². The molecule has 5 heteroatoms. The van der Waals surface area contributed by atoms with E-state index >= 15 is 0 Å². The monoisotopic (exact) mass is 277 g/mol. The van der Waals surface area contributed by atoms with Crippen LogP contribution in [0.15, 0.2) is 30.3 Å². The van der Waals surface area contributed by atoms with Gasteiger partial charge in [-0.3, -0.25) is 9.69 Å². The average molecular weight is 277 g/mol. The summed E-state index contributed by atoms with van der Waals surface area (Å²) in [6.45, 7) is 3.67. The fraction of sp³-hybridized carbons (Fsp3) is 0.533. The minimum Gasteiger partial charge on any atom is -0.374 e. The summed E-state index contributed by atoms with van der Waals surface area (Å²) in [7, 11) is 3.76. The van der Waals surface area contributed by atoms with Gasteiger partial charge in [0.15, 0.2) is 0 Å². The molecule has 1 aliphatic heterocycles. The summed E-state index contributed by atoms with van der Waals surface area (Å²) < 4.78 is 5.65. The maximum atomic E-state index is 12.2. The molecule has 1 fully saturated rings. The van der Waals surface area contributed by atoms with Gasteiger partial charge in [-0.25, -0.2) is 0 Å². The van der Waals surface area contributed by atoms with Gasteiger partial charge in [0.25, 0.3) is 0 Å². The van der Waals surface area contributed by atoms with Crippen molar-refractivity contribution in [2.75, 3.05) is 51.8 Å². The van der Waals surface area contributed by atoms with Gasteiger partial charge in [0.2, 0.25) is 5.91 Å². The van der Waals surface area contributed by atoms with Crippen LogP contribution in [-0.2, 0) is 9.53 Å². The number of benzene rings is 1. The van der Waals surface area contributed by atoms with Crippen LogP contribution < -0.4 is 10.2 Å². The molecule has 1 saturated heterocycles. The zero-order valence-electron chi connectivity index (χ0n) is 12.2. The van der Waals surface area contributed by atoms with Gasteiger partial charge in [-0.05, 0) is 19.2 Å². The Morgan fingerprint density at radius 1 is 1.35 bits per heavy atom. The van der Waals surface area contributed by atoms with Crippen molar-refractivity contribution in [1.82, 2.24) is 10.2 Å². The topological polar surface area (TPSA) is 44.8 Å². The van der Waals surface area contributed by atoms with Gasteiger partial charge in [0.05, 0.1) is 19.3 Å². The van der Waals surface area contributed by atoms with Crippen LogP contribution in [-0.4, -0.2) is 63.8 Å². The number of carbonyl (C=O) groups is 1. The molecule has 1 amide bonds. The summed E-state index contributed by atoms with van der Waals surface area (Å²) >= 11 is 0. The smallest absolute Gasteiger partial charge is 0.240 e. The van der Waals surface area contributed by atoms with Crippen LogP contribution in [0.1, 0.15) is 0 Å². The Bertz CT molecular complexity index is 418. The first-order chi connectivity index (χ1) is 9.66. The molecular formula is C15H23N3O2. The van der Waals surface area contributed by atoms with Gasteiger partial charge in [-0.15, -0.1) is 0 Å². The lowest BCUT2D eigenvalue weighted by molar-refractivity contribution is -0.119. The Balaban J connectivity index is 1.81. The predicted molar refractivity (Wildman–Crippen MR) is 80.0 cm³/mol. The van der Waals surface area contributed by atoms with Crippen molar-refractivity contribution in [3.63, 3.8) is 0 Å². The van der Waals surface area contributed by atoms with Gasteiger partial charge in [0.1, 0.15) is 0 Å². The minimum atomic E-state index is 0.0856. The number of anilines is 1. The fourth-order valence-electron chi connectivity index (χ4n) is 2.28. The van der Waals surface area contributed by atoms with Crippen LogP contribution in [0.5, 0.6) is 0 Å². The number of morpholine rings is 1. The van der Waals surface area contributed by atoms with E-state index in [1.165, 1.54) is 0 Å². The van der Waals surface area contributed by atoms with E-state index in [9.17, 15) is 4.79 Å². The number of para-hydroxylation sites is 1. The van der Waals surface area contributed by atoms with Gasteiger partial charge in [0, 0.05) is 32.4 Å².